The van der Waals surface area contributed by atoms with Crippen molar-refractivity contribution in [3.8, 4) is 5.75 Å². The Morgan fingerprint density at radius 3 is 2.69 bits per heavy atom. The molecule has 0 radical (unpaired) electrons. The van der Waals surface area contributed by atoms with Crippen LogP contribution < -0.4 is 15.3 Å². The van der Waals surface area contributed by atoms with E-state index in [1.54, 1.807) is 30.3 Å². The summed E-state index contributed by atoms with van der Waals surface area (Å²) in [6.07, 6.45) is 1.29. The first-order chi connectivity index (χ1) is 13.8. The number of quaternary nitrogens is 1. The summed E-state index contributed by atoms with van der Waals surface area (Å²) in [5.74, 6) is -0.686. The smallest absolute Gasteiger partial charge is 0.260 e. The predicted molar refractivity (Wildman–Crippen MR) is 109 cm³/mol. The van der Waals surface area contributed by atoms with Crippen LogP contribution in [0.15, 0.2) is 48.0 Å². The molecular formula is C19H18N4O5S. The van der Waals surface area contributed by atoms with Gasteiger partial charge >= 0.3 is 0 Å². The van der Waals surface area contributed by atoms with E-state index in [1.165, 1.54) is 36.9 Å². The molecule has 0 saturated carbocycles. The number of carbonyl (C=O) groups excluding carboxylic acids is 2. The molecule has 0 saturated heterocycles. The first kappa shape index (κ1) is 20.4. The molecule has 1 unspecified atom stereocenters. The van der Waals surface area contributed by atoms with E-state index in [0.29, 0.717) is 22.5 Å². The molecule has 3 aromatic rings. The van der Waals surface area contributed by atoms with Gasteiger partial charge in [-0.05, 0) is 37.3 Å². The highest BCUT2D eigenvalue weighted by Crippen LogP contribution is 2.24. The van der Waals surface area contributed by atoms with Crippen LogP contribution in [0.1, 0.15) is 6.92 Å². The monoisotopic (exact) mass is 414 g/mol. The van der Waals surface area contributed by atoms with Gasteiger partial charge in [-0.2, -0.15) is 5.23 Å². The number of hydrogen-bond acceptors (Lipinski definition) is 6. The van der Waals surface area contributed by atoms with Gasteiger partial charge in [-0.3, -0.25) is 14.2 Å². The number of amides is 1. The van der Waals surface area contributed by atoms with E-state index in [0.717, 1.165) is 0 Å². The van der Waals surface area contributed by atoms with Gasteiger partial charge in [-0.15, -0.1) is 0 Å². The summed E-state index contributed by atoms with van der Waals surface area (Å²) in [4.78, 5) is 27.9. The van der Waals surface area contributed by atoms with Crippen LogP contribution in [0.4, 0.5) is 11.4 Å². The van der Waals surface area contributed by atoms with E-state index in [2.05, 4.69) is 10.3 Å². The number of imidazole rings is 1. The zero-order valence-electron chi connectivity index (χ0n) is 15.6. The average molecular weight is 414 g/mol. The topological polar surface area (TPSA) is 124 Å². The lowest BCUT2D eigenvalue weighted by Gasteiger charge is -2.12. The van der Waals surface area contributed by atoms with Crippen LogP contribution in [0.3, 0.4) is 0 Å². The number of nitrogens with zero attached hydrogens (tertiary/aromatic N) is 1. The van der Waals surface area contributed by atoms with Crippen LogP contribution in [0.5, 0.6) is 5.75 Å². The lowest BCUT2D eigenvalue weighted by Crippen LogP contribution is -2.99. The Kier molecular flexibility index (Phi) is 5.89. The van der Waals surface area contributed by atoms with Crippen LogP contribution in [-0.4, -0.2) is 33.6 Å². The molecule has 1 heterocycles. The van der Waals surface area contributed by atoms with E-state index in [9.17, 15) is 20.0 Å². The number of nitrogens with one attached hydrogen (secondary N) is 3. The zero-order valence-corrected chi connectivity index (χ0v) is 16.4. The molecule has 0 aliphatic rings. The fourth-order valence-corrected chi connectivity index (χ4v) is 3.02. The molecule has 1 atom stereocenters. The molecule has 29 heavy (non-hydrogen) atoms. The quantitative estimate of drug-likeness (QED) is 0.161. The zero-order chi connectivity index (χ0) is 21.1. The minimum absolute atomic E-state index is 0.0523. The number of Topliss-reactive ketones (excluding diaryl/α,β-unsaturated/α-hetero) is 1. The first-order valence-electron chi connectivity index (χ1n) is 8.46. The highest BCUT2D eigenvalue weighted by molar-refractivity contribution is 7.71. The summed E-state index contributed by atoms with van der Waals surface area (Å²) in [6, 6.07) is 11.2. The summed E-state index contributed by atoms with van der Waals surface area (Å²) in [6.45, 7) is 1.26. The largest absolute Gasteiger partial charge is 0.595 e. The lowest BCUT2D eigenvalue weighted by atomic mass is 10.1. The summed E-state index contributed by atoms with van der Waals surface area (Å²) >= 11 is 5.28. The summed E-state index contributed by atoms with van der Waals surface area (Å²) in [7, 11) is 1.47. The third kappa shape index (κ3) is 4.25. The number of para-hydroxylation sites is 2. The Balaban J connectivity index is 2.06. The van der Waals surface area contributed by atoms with Gasteiger partial charge in [-0.25, -0.2) is 5.21 Å². The van der Waals surface area contributed by atoms with Crippen molar-refractivity contribution in [2.24, 2.45) is 0 Å². The van der Waals surface area contributed by atoms with Gasteiger partial charge in [0.15, 0.2) is 16.2 Å². The number of fused-ring (bicyclic) bond motifs is 1. The highest BCUT2D eigenvalue weighted by atomic mass is 32.1. The van der Waals surface area contributed by atoms with Gasteiger partial charge in [0.25, 0.3) is 5.91 Å². The first-order valence-corrected chi connectivity index (χ1v) is 8.87. The molecule has 9 nitrogen and oxygen atoms in total. The van der Waals surface area contributed by atoms with E-state index in [1.807, 2.05) is 0 Å². The maximum Gasteiger partial charge on any atom is 0.260 e. The molecule has 0 bridgehead atoms. The van der Waals surface area contributed by atoms with Crippen LogP contribution in [0.2, 0.25) is 0 Å². The summed E-state index contributed by atoms with van der Waals surface area (Å²) in [5.41, 5.74) is 1.30. The van der Waals surface area contributed by atoms with Gasteiger partial charge in [0.1, 0.15) is 5.75 Å². The molecule has 150 valence electrons. The number of H-pyrrole nitrogens is 1. The number of hydrogen-bond donors (Lipinski definition) is 4. The second-order valence-corrected chi connectivity index (χ2v) is 6.48. The van der Waals surface area contributed by atoms with Gasteiger partial charge in [-0.1, -0.05) is 12.1 Å². The number of anilines is 1. The van der Waals surface area contributed by atoms with Crippen molar-refractivity contribution >= 4 is 52.5 Å². The SMILES string of the molecule is COc1ccccc1NC(=O)/C(=C\n1c(=S)[nH]c2ccc([NH+]([O-])O)cc21)C(C)=O. The minimum atomic E-state index is -1.10. The average Bonchev–Trinajstić information content (AvgIpc) is 3.00. The Hall–Kier alpha value is -3.31. The lowest BCUT2D eigenvalue weighted by molar-refractivity contribution is -0.991. The minimum Gasteiger partial charge on any atom is -0.595 e. The number of aromatic amines is 1. The summed E-state index contributed by atoms with van der Waals surface area (Å²) in [5, 5.41) is 22.0. The standard InChI is InChI=1S/C19H18N4O5S/c1-11(24)13(18(25)20-15-5-3-4-6-17(15)28-2)10-22-16-9-12(23(26)27)7-8-14(16)21-19(22)29/h3-10,23,26H,1-2H3,(H,20,25)(H,21,29)/b13-10-. The second kappa shape index (κ2) is 8.37. The molecule has 0 fully saturated rings. The molecule has 0 spiro atoms. The number of benzene rings is 2. The highest BCUT2D eigenvalue weighted by Gasteiger charge is 2.18. The van der Waals surface area contributed by atoms with E-state index < -0.39 is 16.9 Å². The fraction of sp³-hybridized carbons (Fsp3) is 0.105. The van der Waals surface area contributed by atoms with Crippen molar-refractivity contribution in [1.29, 1.82) is 0 Å². The molecular weight excluding hydrogens is 396 g/mol. The number of methoxy groups -OCH3 is 1. The van der Waals surface area contributed by atoms with Crippen LogP contribution in [0, 0.1) is 9.98 Å². The Morgan fingerprint density at radius 1 is 1.31 bits per heavy atom. The van der Waals surface area contributed by atoms with Crippen molar-refractivity contribution < 1.29 is 24.8 Å². The van der Waals surface area contributed by atoms with Crippen LogP contribution >= 0.6 is 12.2 Å². The Bertz CT molecular complexity index is 1180. The third-order valence-corrected chi connectivity index (χ3v) is 4.50. The van der Waals surface area contributed by atoms with Gasteiger partial charge in [0.2, 0.25) is 0 Å². The van der Waals surface area contributed by atoms with Crippen LogP contribution in [-0.2, 0) is 9.59 Å². The van der Waals surface area contributed by atoms with Crippen molar-refractivity contribution in [1.82, 2.24) is 9.55 Å². The van der Waals surface area contributed by atoms with Crippen molar-refractivity contribution in [3.63, 3.8) is 0 Å². The van der Waals surface area contributed by atoms with Gasteiger partial charge < -0.3 is 20.2 Å². The number of ketones is 1. The third-order valence-electron chi connectivity index (χ3n) is 4.20. The van der Waals surface area contributed by atoms with Gasteiger partial charge in [0, 0.05) is 18.3 Å². The van der Waals surface area contributed by atoms with E-state index in [4.69, 9.17) is 17.0 Å². The summed E-state index contributed by atoms with van der Waals surface area (Å²) < 4.78 is 6.82. The number of aromatic nitrogens is 2. The molecule has 1 amide bonds. The van der Waals surface area contributed by atoms with Crippen molar-refractivity contribution in [3.05, 3.63) is 58.0 Å². The van der Waals surface area contributed by atoms with Crippen molar-refractivity contribution in [2.75, 3.05) is 12.4 Å². The predicted octanol–water partition coefficient (Wildman–Crippen LogP) is 2.18. The van der Waals surface area contributed by atoms with Gasteiger partial charge in [0.05, 0.1) is 29.4 Å². The molecule has 1 aromatic heterocycles. The maximum absolute atomic E-state index is 12.8. The Labute approximate surface area is 170 Å². The maximum atomic E-state index is 12.8. The molecule has 2 aromatic carbocycles. The molecule has 10 heteroatoms. The Morgan fingerprint density at radius 2 is 2.03 bits per heavy atom. The molecule has 3 rings (SSSR count). The normalized spacial score (nSPS) is 12.6. The van der Waals surface area contributed by atoms with Crippen molar-refractivity contribution in [2.45, 2.75) is 6.92 Å². The van der Waals surface area contributed by atoms with E-state index >= 15 is 0 Å². The molecule has 0 aliphatic carbocycles. The number of rotatable bonds is 6. The molecule has 4 N–H and O–H groups in total. The second-order valence-electron chi connectivity index (χ2n) is 6.09. The number of ether oxygens (including phenoxy) is 1. The molecule has 0 aliphatic heterocycles. The fourth-order valence-electron chi connectivity index (χ4n) is 2.76. The number of carbonyl (C=O) groups is 2. The van der Waals surface area contributed by atoms with Crippen LogP contribution in [0.25, 0.3) is 17.2 Å². The van der Waals surface area contributed by atoms with E-state index in [-0.39, 0.29) is 16.0 Å².